The van der Waals surface area contributed by atoms with Crippen molar-refractivity contribution in [3.63, 3.8) is 0 Å². The Hall–Kier alpha value is 0.0569. The highest BCUT2D eigenvalue weighted by Gasteiger charge is 2.29. The number of nitrogens with two attached hydrogens (primary N) is 1. The second-order valence-corrected chi connectivity index (χ2v) is 6.85. The molecule has 2 N–H and O–H groups in total. The molecule has 0 spiro atoms. The van der Waals surface area contributed by atoms with Gasteiger partial charge in [0, 0.05) is 26.4 Å². The topological polar surface area (TPSA) is 53.7 Å². The minimum Gasteiger partial charge on any atom is -0.395 e. The molecular weight excluding hydrogens is 210 g/mol. The minimum absolute atomic E-state index is 0.589. The number of ether oxygens (including phenoxy) is 1. The summed E-state index contributed by atoms with van der Waals surface area (Å²) in [6.45, 7) is 9.57. The zero-order chi connectivity index (χ0) is 11.6. The first kappa shape index (κ1) is 15.1. The van der Waals surface area contributed by atoms with E-state index in [1.165, 1.54) is 0 Å². The van der Waals surface area contributed by atoms with Crippen molar-refractivity contribution in [1.29, 1.82) is 0 Å². The van der Waals surface area contributed by atoms with Gasteiger partial charge in [-0.1, -0.05) is 0 Å². The normalized spacial score (nSPS) is 12.0. The molecule has 0 saturated heterocycles. The van der Waals surface area contributed by atoms with E-state index in [0.29, 0.717) is 13.2 Å². The van der Waals surface area contributed by atoms with Crippen LogP contribution in [0.15, 0.2) is 0 Å². The third-order valence-electron chi connectivity index (χ3n) is 2.08. The van der Waals surface area contributed by atoms with Crippen LogP contribution < -0.4 is 5.73 Å². The second-order valence-electron chi connectivity index (χ2n) is 3.50. The van der Waals surface area contributed by atoms with E-state index in [1.807, 2.05) is 13.8 Å². The number of hydrogen-bond acceptors (Lipinski definition) is 4. The Morgan fingerprint density at radius 3 is 2.13 bits per heavy atom. The first-order chi connectivity index (χ1) is 7.18. The van der Waals surface area contributed by atoms with Crippen LogP contribution in [0.5, 0.6) is 0 Å². The molecule has 0 aliphatic carbocycles. The Morgan fingerprint density at radius 1 is 1.07 bits per heavy atom. The van der Waals surface area contributed by atoms with Gasteiger partial charge < -0.3 is 19.3 Å². The fraction of sp³-hybridized carbons (Fsp3) is 1.00. The van der Waals surface area contributed by atoms with Crippen molar-refractivity contribution in [2.24, 2.45) is 5.73 Å². The van der Waals surface area contributed by atoms with Gasteiger partial charge in [-0.3, -0.25) is 0 Å². The molecule has 0 heterocycles. The van der Waals surface area contributed by atoms with Crippen molar-refractivity contribution < 1.29 is 13.6 Å². The highest BCUT2D eigenvalue weighted by molar-refractivity contribution is 6.66. The summed E-state index contributed by atoms with van der Waals surface area (Å²) in [7, 11) is -1.92. The summed E-state index contributed by atoms with van der Waals surface area (Å²) in [5.74, 6) is 0. The van der Waals surface area contributed by atoms with E-state index in [2.05, 4.69) is 6.55 Å². The summed E-state index contributed by atoms with van der Waals surface area (Å²) in [5.41, 5.74) is 5.33. The third kappa shape index (κ3) is 7.93. The molecule has 0 aromatic heterocycles. The summed E-state index contributed by atoms with van der Waals surface area (Å²) >= 11 is 0. The van der Waals surface area contributed by atoms with E-state index in [9.17, 15) is 0 Å². The van der Waals surface area contributed by atoms with Crippen molar-refractivity contribution >= 4 is 8.56 Å². The summed E-state index contributed by atoms with van der Waals surface area (Å²) in [6.07, 6.45) is 0.989. The van der Waals surface area contributed by atoms with E-state index < -0.39 is 8.56 Å². The number of hydrogen-bond donors (Lipinski definition) is 1. The Labute approximate surface area is 94.3 Å². The molecule has 0 rings (SSSR count). The van der Waals surface area contributed by atoms with Crippen molar-refractivity contribution in [3.8, 4) is 0 Å². The van der Waals surface area contributed by atoms with Crippen molar-refractivity contribution in [2.75, 3.05) is 33.0 Å². The Kier molecular flexibility index (Phi) is 9.33. The first-order valence-electron chi connectivity index (χ1n) is 5.74. The fourth-order valence-corrected chi connectivity index (χ4v) is 3.86. The highest BCUT2D eigenvalue weighted by atomic mass is 28.4. The second kappa shape index (κ2) is 9.29. The smallest absolute Gasteiger partial charge is 0.334 e. The molecule has 0 aromatic rings. The van der Waals surface area contributed by atoms with Crippen molar-refractivity contribution in [2.45, 2.75) is 32.9 Å². The lowest BCUT2D eigenvalue weighted by molar-refractivity contribution is 0.135. The summed E-state index contributed by atoms with van der Waals surface area (Å²) in [4.78, 5) is 0. The summed E-state index contributed by atoms with van der Waals surface area (Å²) in [5, 5.41) is 0. The van der Waals surface area contributed by atoms with Gasteiger partial charge in [-0.2, -0.15) is 0 Å². The zero-order valence-corrected chi connectivity index (χ0v) is 11.3. The molecule has 0 atom stereocenters. The predicted molar refractivity (Wildman–Crippen MR) is 64.2 cm³/mol. The molecule has 0 saturated carbocycles. The van der Waals surface area contributed by atoms with Gasteiger partial charge in [0.15, 0.2) is 0 Å². The van der Waals surface area contributed by atoms with Gasteiger partial charge in [-0.15, -0.1) is 0 Å². The molecule has 0 fully saturated rings. The van der Waals surface area contributed by atoms with Gasteiger partial charge in [0.2, 0.25) is 0 Å². The van der Waals surface area contributed by atoms with Crippen LogP contribution in [0, 0.1) is 0 Å². The molecule has 15 heavy (non-hydrogen) atoms. The lowest BCUT2D eigenvalue weighted by Crippen LogP contribution is -2.38. The van der Waals surface area contributed by atoms with Gasteiger partial charge in [0.25, 0.3) is 0 Å². The molecule has 0 amide bonds. The quantitative estimate of drug-likeness (QED) is 0.460. The first-order valence-corrected chi connectivity index (χ1v) is 8.26. The summed E-state index contributed by atoms with van der Waals surface area (Å²) < 4.78 is 16.7. The van der Waals surface area contributed by atoms with Crippen LogP contribution in [0.2, 0.25) is 12.6 Å². The molecule has 0 unspecified atom stereocenters. The Bertz CT molecular complexity index is 141. The third-order valence-corrected chi connectivity index (χ3v) is 5.14. The highest BCUT2D eigenvalue weighted by Crippen LogP contribution is 2.15. The van der Waals surface area contributed by atoms with Crippen LogP contribution in [-0.2, 0) is 13.6 Å². The average Bonchev–Trinajstić information content (AvgIpc) is 2.18. The maximum atomic E-state index is 5.71. The van der Waals surface area contributed by atoms with Crippen LogP contribution >= 0.6 is 0 Å². The van der Waals surface area contributed by atoms with Gasteiger partial charge >= 0.3 is 8.56 Å². The fourth-order valence-electron chi connectivity index (χ4n) is 1.48. The Balaban J connectivity index is 3.65. The largest absolute Gasteiger partial charge is 0.395 e. The molecule has 0 aromatic carbocycles. The van der Waals surface area contributed by atoms with E-state index in [1.54, 1.807) is 0 Å². The van der Waals surface area contributed by atoms with Crippen LogP contribution in [0.25, 0.3) is 0 Å². The van der Waals surface area contributed by atoms with E-state index in [-0.39, 0.29) is 0 Å². The maximum absolute atomic E-state index is 5.71. The van der Waals surface area contributed by atoms with E-state index in [0.717, 1.165) is 32.3 Å². The van der Waals surface area contributed by atoms with E-state index in [4.69, 9.17) is 19.3 Å². The maximum Gasteiger partial charge on any atom is 0.334 e. The number of rotatable bonds is 10. The SMILES string of the molecule is CCO[Si](C)(CCCOCCN)OCC. The van der Waals surface area contributed by atoms with Crippen molar-refractivity contribution in [1.82, 2.24) is 0 Å². The zero-order valence-electron chi connectivity index (χ0n) is 10.3. The van der Waals surface area contributed by atoms with Gasteiger partial charge in [-0.25, -0.2) is 0 Å². The van der Waals surface area contributed by atoms with Crippen LogP contribution in [0.1, 0.15) is 20.3 Å². The average molecular weight is 235 g/mol. The molecule has 0 aliphatic rings. The molecule has 0 bridgehead atoms. The lowest BCUT2D eigenvalue weighted by atomic mass is 10.5. The predicted octanol–water partition coefficient (Wildman–Crippen LogP) is 1.50. The van der Waals surface area contributed by atoms with Crippen LogP contribution in [0.3, 0.4) is 0 Å². The molecule has 0 radical (unpaired) electrons. The van der Waals surface area contributed by atoms with Gasteiger partial charge in [0.1, 0.15) is 0 Å². The van der Waals surface area contributed by atoms with Gasteiger partial charge in [-0.05, 0) is 32.9 Å². The standard InChI is InChI=1S/C10H25NO3Si/c1-4-13-15(3,14-5-2)10-6-8-12-9-7-11/h4-11H2,1-3H3. The molecular formula is C10H25NO3Si. The van der Waals surface area contributed by atoms with E-state index >= 15 is 0 Å². The molecule has 92 valence electrons. The van der Waals surface area contributed by atoms with Crippen LogP contribution in [0.4, 0.5) is 0 Å². The van der Waals surface area contributed by atoms with Gasteiger partial charge in [0.05, 0.1) is 6.61 Å². The monoisotopic (exact) mass is 235 g/mol. The minimum atomic E-state index is -1.92. The Morgan fingerprint density at radius 2 is 1.67 bits per heavy atom. The molecule has 0 aliphatic heterocycles. The lowest BCUT2D eigenvalue weighted by Gasteiger charge is -2.25. The van der Waals surface area contributed by atoms with Crippen molar-refractivity contribution in [3.05, 3.63) is 0 Å². The van der Waals surface area contributed by atoms with Crippen LogP contribution in [-0.4, -0.2) is 41.5 Å². The summed E-state index contributed by atoms with van der Waals surface area (Å²) in [6, 6.07) is 0.985. The molecule has 4 nitrogen and oxygen atoms in total. The molecule has 5 heteroatoms.